The van der Waals surface area contributed by atoms with Crippen molar-refractivity contribution >= 4 is 17.7 Å². The van der Waals surface area contributed by atoms with Crippen LogP contribution in [0.3, 0.4) is 0 Å². The van der Waals surface area contributed by atoms with Gasteiger partial charge in [-0.25, -0.2) is 4.98 Å². The van der Waals surface area contributed by atoms with Gasteiger partial charge in [0.15, 0.2) is 5.16 Å². The number of amides is 1. The molecule has 1 aliphatic rings. The summed E-state index contributed by atoms with van der Waals surface area (Å²) >= 11 is 1.51. The van der Waals surface area contributed by atoms with Gasteiger partial charge >= 0.3 is 0 Å². The number of carbonyl (C=O) groups excluding carboxylic acids is 1. The molecule has 1 aromatic carbocycles. The first-order valence-corrected chi connectivity index (χ1v) is 9.30. The topological polar surface area (TPSA) is 41.4 Å². The molecule has 1 unspecified atom stereocenters. The summed E-state index contributed by atoms with van der Waals surface area (Å²) < 4.78 is 1.94. The highest BCUT2D eigenvalue weighted by molar-refractivity contribution is 7.99. The van der Waals surface area contributed by atoms with Crippen molar-refractivity contribution in [3.8, 4) is 0 Å². The largest absolute Gasteiger partial charge is 0.339 e. The van der Waals surface area contributed by atoms with Crippen molar-refractivity contribution in [2.24, 2.45) is 7.05 Å². The van der Waals surface area contributed by atoms with Gasteiger partial charge in [-0.3, -0.25) is 9.69 Å². The van der Waals surface area contributed by atoms with Gasteiger partial charge in [0.2, 0.25) is 5.91 Å². The summed E-state index contributed by atoms with van der Waals surface area (Å²) in [4.78, 5) is 21.1. The Morgan fingerprint density at radius 2 is 1.92 bits per heavy atom. The maximum Gasteiger partial charge on any atom is 0.233 e. The van der Waals surface area contributed by atoms with Crippen LogP contribution < -0.4 is 0 Å². The Bertz CT molecular complexity index is 665. The van der Waals surface area contributed by atoms with Crippen LogP contribution in [0.2, 0.25) is 0 Å². The molecule has 0 spiro atoms. The minimum absolute atomic E-state index is 0.204. The minimum Gasteiger partial charge on any atom is -0.339 e. The zero-order valence-corrected chi connectivity index (χ0v) is 15.1. The number of hydrogen-bond acceptors (Lipinski definition) is 4. The van der Waals surface area contributed by atoms with Gasteiger partial charge in [0, 0.05) is 51.7 Å². The lowest BCUT2D eigenvalue weighted by atomic mass is 10.1. The summed E-state index contributed by atoms with van der Waals surface area (Å²) in [7, 11) is 1.95. The van der Waals surface area contributed by atoms with Crippen LogP contribution in [-0.2, 0) is 11.8 Å². The number of aromatic nitrogens is 2. The third kappa shape index (κ3) is 3.99. The quantitative estimate of drug-likeness (QED) is 0.781. The molecule has 0 bridgehead atoms. The van der Waals surface area contributed by atoms with Crippen molar-refractivity contribution in [3.05, 3.63) is 48.3 Å². The highest BCUT2D eigenvalue weighted by atomic mass is 32.2. The smallest absolute Gasteiger partial charge is 0.233 e. The third-order valence-electron chi connectivity index (χ3n) is 4.60. The number of piperazine rings is 1. The predicted molar refractivity (Wildman–Crippen MR) is 96.9 cm³/mol. The zero-order chi connectivity index (χ0) is 16.9. The summed E-state index contributed by atoms with van der Waals surface area (Å²) in [6.07, 6.45) is 3.66. The molecule has 3 rings (SSSR count). The number of rotatable bonds is 5. The van der Waals surface area contributed by atoms with E-state index in [1.807, 2.05) is 28.8 Å². The lowest BCUT2D eigenvalue weighted by Gasteiger charge is -2.38. The minimum atomic E-state index is 0.204. The first kappa shape index (κ1) is 17.0. The molecule has 24 heavy (non-hydrogen) atoms. The monoisotopic (exact) mass is 344 g/mol. The Balaban J connectivity index is 1.48. The SMILES string of the molecule is CC(c1ccccc1)N1CCN(C(=O)CSc2nccn2C)CC1. The van der Waals surface area contributed by atoms with Crippen molar-refractivity contribution in [2.45, 2.75) is 18.1 Å². The van der Waals surface area contributed by atoms with Crippen LogP contribution in [0.15, 0.2) is 47.9 Å². The first-order chi connectivity index (χ1) is 11.6. The number of imidazole rings is 1. The molecule has 1 fully saturated rings. The van der Waals surface area contributed by atoms with Gasteiger partial charge in [0.05, 0.1) is 5.75 Å². The molecular weight excluding hydrogens is 320 g/mol. The van der Waals surface area contributed by atoms with Crippen LogP contribution in [0.4, 0.5) is 0 Å². The normalized spacial score (nSPS) is 17.0. The fourth-order valence-electron chi connectivity index (χ4n) is 3.01. The van der Waals surface area contributed by atoms with Gasteiger partial charge in [0.25, 0.3) is 0 Å². The molecule has 2 heterocycles. The summed E-state index contributed by atoms with van der Waals surface area (Å²) in [5, 5.41) is 0.889. The Kier molecular flexibility index (Phi) is 5.58. The summed E-state index contributed by atoms with van der Waals surface area (Å²) in [5.41, 5.74) is 1.34. The zero-order valence-electron chi connectivity index (χ0n) is 14.3. The molecule has 0 aliphatic carbocycles. The second-order valence-electron chi connectivity index (χ2n) is 6.11. The molecule has 5 nitrogen and oxygen atoms in total. The van der Waals surface area contributed by atoms with Crippen molar-refractivity contribution in [1.29, 1.82) is 0 Å². The van der Waals surface area contributed by atoms with Gasteiger partial charge in [-0.15, -0.1) is 0 Å². The highest BCUT2D eigenvalue weighted by Gasteiger charge is 2.24. The Morgan fingerprint density at radius 3 is 2.54 bits per heavy atom. The molecule has 1 amide bonds. The van der Waals surface area contributed by atoms with Crippen molar-refractivity contribution < 1.29 is 4.79 Å². The molecule has 1 aromatic heterocycles. The van der Waals surface area contributed by atoms with Gasteiger partial charge < -0.3 is 9.47 Å². The lowest BCUT2D eigenvalue weighted by molar-refractivity contribution is -0.130. The molecule has 1 saturated heterocycles. The Hall–Kier alpha value is -1.79. The maximum absolute atomic E-state index is 12.4. The average molecular weight is 344 g/mol. The second-order valence-corrected chi connectivity index (χ2v) is 7.06. The molecule has 0 saturated carbocycles. The van der Waals surface area contributed by atoms with E-state index in [2.05, 4.69) is 41.1 Å². The fourth-order valence-corrected chi connectivity index (χ4v) is 3.84. The summed E-state index contributed by atoms with van der Waals surface area (Å²) in [6.45, 7) is 5.70. The van der Waals surface area contributed by atoms with E-state index >= 15 is 0 Å². The van der Waals surface area contributed by atoms with Crippen LogP contribution in [0.25, 0.3) is 0 Å². The van der Waals surface area contributed by atoms with Crippen LogP contribution in [0.1, 0.15) is 18.5 Å². The molecule has 2 aromatic rings. The summed E-state index contributed by atoms with van der Waals surface area (Å²) in [5.74, 6) is 0.661. The number of nitrogens with zero attached hydrogens (tertiary/aromatic N) is 4. The van der Waals surface area contributed by atoms with Crippen molar-refractivity contribution in [2.75, 3.05) is 31.9 Å². The van der Waals surface area contributed by atoms with Crippen molar-refractivity contribution in [1.82, 2.24) is 19.4 Å². The van der Waals surface area contributed by atoms with Crippen LogP contribution in [0, 0.1) is 0 Å². The fraction of sp³-hybridized carbons (Fsp3) is 0.444. The predicted octanol–water partition coefficient (Wildman–Crippen LogP) is 2.42. The number of benzene rings is 1. The van der Waals surface area contributed by atoms with E-state index in [1.54, 1.807) is 6.20 Å². The van der Waals surface area contributed by atoms with E-state index in [0.29, 0.717) is 11.8 Å². The van der Waals surface area contributed by atoms with Gasteiger partial charge in [-0.05, 0) is 12.5 Å². The standard InChI is InChI=1S/C18H24N4OS/c1-15(16-6-4-3-5-7-16)21-10-12-22(13-11-21)17(23)14-24-18-19-8-9-20(18)2/h3-9,15H,10-14H2,1-2H3. The van der Waals surface area contributed by atoms with Crippen LogP contribution in [-0.4, -0.2) is 57.2 Å². The number of thioether (sulfide) groups is 1. The first-order valence-electron chi connectivity index (χ1n) is 8.32. The number of hydrogen-bond donors (Lipinski definition) is 0. The third-order valence-corrected chi connectivity index (χ3v) is 5.64. The molecule has 128 valence electrons. The average Bonchev–Trinajstić information content (AvgIpc) is 3.05. The van der Waals surface area contributed by atoms with Gasteiger partial charge in [0.1, 0.15) is 0 Å². The molecule has 0 radical (unpaired) electrons. The molecule has 0 N–H and O–H groups in total. The van der Waals surface area contributed by atoms with E-state index in [9.17, 15) is 4.79 Å². The van der Waals surface area contributed by atoms with Crippen LogP contribution in [0.5, 0.6) is 0 Å². The maximum atomic E-state index is 12.4. The van der Waals surface area contributed by atoms with E-state index < -0.39 is 0 Å². The molecular formula is C18H24N4OS. The van der Waals surface area contributed by atoms with Crippen LogP contribution >= 0.6 is 11.8 Å². The number of aryl methyl sites for hydroxylation is 1. The Morgan fingerprint density at radius 1 is 1.21 bits per heavy atom. The van der Waals surface area contributed by atoms with E-state index in [-0.39, 0.29) is 5.91 Å². The van der Waals surface area contributed by atoms with Gasteiger partial charge in [-0.2, -0.15) is 0 Å². The highest BCUT2D eigenvalue weighted by Crippen LogP contribution is 2.22. The van der Waals surface area contributed by atoms with E-state index in [1.165, 1.54) is 17.3 Å². The van der Waals surface area contributed by atoms with E-state index in [0.717, 1.165) is 31.3 Å². The molecule has 6 heteroatoms. The van der Waals surface area contributed by atoms with E-state index in [4.69, 9.17) is 0 Å². The molecule has 1 atom stereocenters. The van der Waals surface area contributed by atoms with Gasteiger partial charge in [-0.1, -0.05) is 42.1 Å². The summed E-state index contributed by atoms with van der Waals surface area (Å²) in [6, 6.07) is 11.0. The van der Waals surface area contributed by atoms with Crippen molar-refractivity contribution in [3.63, 3.8) is 0 Å². The second kappa shape index (κ2) is 7.85. The lowest BCUT2D eigenvalue weighted by Crippen LogP contribution is -2.49. The Labute approximate surface area is 147 Å². The number of carbonyl (C=O) groups is 1. The molecule has 1 aliphatic heterocycles.